The molecule has 0 spiro atoms. The summed E-state index contributed by atoms with van der Waals surface area (Å²) >= 11 is 0. The molecule has 0 bridgehead atoms. The number of nitrogens with one attached hydrogen (secondary N) is 2. The predicted octanol–water partition coefficient (Wildman–Crippen LogP) is 2.24. The molecule has 6 heteroatoms. The molecule has 1 unspecified atom stereocenters. The average molecular weight is 350 g/mol. The Morgan fingerprint density at radius 3 is 2.48 bits per heavy atom. The summed E-state index contributed by atoms with van der Waals surface area (Å²) in [6.07, 6.45) is 1.14. The zero-order valence-corrected chi connectivity index (χ0v) is 15.6. The fourth-order valence-corrected chi connectivity index (χ4v) is 3.07. The molecule has 1 heterocycles. The standard InChI is InChI=1S/C19H31FN4O/c1-15(2)12-18(24-8-10-25-11-9-24)14-23-19(21-3)22-13-16-4-6-17(20)7-5-16/h4-7,15,18H,8-14H2,1-3H3,(H2,21,22,23). The summed E-state index contributed by atoms with van der Waals surface area (Å²) in [7, 11) is 1.77. The molecule has 1 fully saturated rings. The molecule has 0 radical (unpaired) electrons. The Hall–Kier alpha value is -1.66. The largest absolute Gasteiger partial charge is 0.379 e. The summed E-state index contributed by atoms with van der Waals surface area (Å²) < 4.78 is 18.4. The highest BCUT2D eigenvalue weighted by Crippen LogP contribution is 2.13. The van der Waals surface area contributed by atoms with Crippen molar-refractivity contribution in [1.82, 2.24) is 15.5 Å². The van der Waals surface area contributed by atoms with Crippen LogP contribution >= 0.6 is 0 Å². The monoisotopic (exact) mass is 350 g/mol. The first-order chi connectivity index (χ1) is 12.1. The van der Waals surface area contributed by atoms with Crippen LogP contribution in [-0.2, 0) is 11.3 Å². The number of morpholine rings is 1. The molecule has 1 aliphatic heterocycles. The third-order valence-corrected chi connectivity index (χ3v) is 4.41. The van der Waals surface area contributed by atoms with Crippen LogP contribution in [0.1, 0.15) is 25.8 Å². The minimum Gasteiger partial charge on any atom is -0.379 e. The van der Waals surface area contributed by atoms with Crippen molar-refractivity contribution in [1.29, 1.82) is 0 Å². The third-order valence-electron chi connectivity index (χ3n) is 4.41. The van der Waals surface area contributed by atoms with Gasteiger partial charge in [-0.25, -0.2) is 4.39 Å². The number of guanidine groups is 1. The van der Waals surface area contributed by atoms with Crippen LogP contribution in [0.4, 0.5) is 4.39 Å². The molecule has 0 amide bonds. The van der Waals surface area contributed by atoms with Gasteiger partial charge in [-0.05, 0) is 30.0 Å². The van der Waals surface area contributed by atoms with Gasteiger partial charge in [-0.15, -0.1) is 0 Å². The Morgan fingerprint density at radius 2 is 1.88 bits per heavy atom. The number of halogens is 1. The van der Waals surface area contributed by atoms with E-state index in [1.165, 1.54) is 12.1 Å². The van der Waals surface area contributed by atoms with Gasteiger partial charge in [0.15, 0.2) is 5.96 Å². The number of hydrogen-bond acceptors (Lipinski definition) is 3. The fourth-order valence-electron chi connectivity index (χ4n) is 3.07. The van der Waals surface area contributed by atoms with E-state index in [2.05, 4.69) is 34.4 Å². The van der Waals surface area contributed by atoms with E-state index < -0.39 is 0 Å². The first kappa shape index (κ1) is 19.7. The number of benzene rings is 1. The summed E-state index contributed by atoms with van der Waals surface area (Å²) in [5.41, 5.74) is 1.02. The maximum absolute atomic E-state index is 13.0. The van der Waals surface area contributed by atoms with Crippen molar-refractivity contribution < 1.29 is 9.13 Å². The minimum absolute atomic E-state index is 0.215. The summed E-state index contributed by atoms with van der Waals surface area (Å²) in [5, 5.41) is 6.73. The lowest BCUT2D eigenvalue weighted by Crippen LogP contribution is -2.50. The van der Waals surface area contributed by atoms with Gasteiger partial charge in [-0.2, -0.15) is 0 Å². The van der Waals surface area contributed by atoms with Crippen LogP contribution in [0.5, 0.6) is 0 Å². The Kier molecular flexibility index (Phi) is 8.15. The second-order valence-electron chi connectivity index (χ2n) is 6.86. The lowest BCUT2D eigenvalue weighted by molar-refractivity contribution is 0.0132. The quantitative estimate of drug-likeness (QED) is 0.585. The number of aliphatic imine (C=N–C) groups is 1. The van der Waals surface area contributed by atoms with Crippen molar-refractivity contribution in [2.75, 3.05) is 39.9 Å². The first-order valence-corrected chi connectivity index (χ1v) is 9.09. The lowest BCUT2D eigenvalue weighted by atomic mass is 10.0. The molecule has 2 rings (SSSR count). The predicted molar refractivity (Wildman–Crippen MR) is 100 cm³/mol. The molecule has 0 aliphatic carbocycles. The van der Waals surface area contributed by atoms with Gasteiger partial charge < -0.3 is 15.4 Å². The minimum atomic E-state index is -0.215. The van der Waals surface area contributed by atoms with E-state index in [-0.39, 0.29) is 5.82 Å². The number of nitrogens with zero attached hydrogens (tertiary/aromatic N) is 2. The number of hydrogen-bond donors (Lipinski definition) is 2. The van der Waals surface area contributed by atoms with Gasteiger partial charge in [-0.3, -0.25) is 9.89 Å². The maximum atomic E-state index is 13.0. The third kappa shape index (κ3) is 7.00. The Balaban J connectivity index is 1.84. The van der Waals surface area contributed by atoms with Crippen molar-refractivity contribution in [2.24, 2.45) is 10.9 Å². The highest BCUT2D eigenvalue weighted by atomic mass is 19.1. The Labute approximate surface area is 150 Å². The van der Waals surface area contributed by atoms with Crippen LogP contribution in [0.25, 0.3) is 0 Å². The molecule has 25 heavy (non-hydrogen) atoms. The summed E-state index contributed by atoms with van der Waals surface area (Å²) in [4.78, 5) is 6.80. The molecule has 2 N–H and O–H groups in total. The van der Waals surface area contributed by atoms with E-state index in [1.54, 1.807) is 19.2 Å². The van der Waals surface area contributed by atoms with Crippen LogP contribution in [0.2, 0.25) is 0 Å². The number of rotatable bonds is 7. The van der Waals surface area contributed by atoms with Crippen LogP contribution in [0, 0.1) is 11.7 Å². The van der Waals surface area contributed by atoms with E-state index in [4.69, 9.17) is 4.74 Å². The fraction of sp³-hybridized carbons (Fsp3) is 0.632. The highest BCUT2D eigenvalue weighted by Gasteiger charge is 2.22. The molecule has 1 saturated heterocycles. The molecule has 1 aromatic rings. The molecule has 0 aromatic heterocycles. The molecule has 1 aliphatic rings. The van der Waals surface area contributed by atoms with Crippen LogP contribution in [0.3, 0.4) is 0 Å². The SMILES string of the molecule is CN=C(NCc1ccc(F)cc1)NCC(CC(C)C)N1CCOCC1. The van der Waals surface area contributed by atoms with E-state index >= 15 is 0 Å². The topological polar surface area (TPSA) is 48.9 Å². The Bertz CT molecular complexity index is 527. The summed E-state index contributed by atoms with van der Waals surface area (Å²) in [5.74, 6) is 1.20. The van der Waals surface area contributed by atoms with Crippen molar-refractivity contribution in [3.8, 4) is 0 Å². The van der Waals surface area contributed by atoms with Crippen LogP contribution in [0.15, 0.2) is 29.3 Å². The van der Waals surface area contributed by atoms with Crippen molar-refractivity contribution >= 4 is 5.96 Å². The molecular formula is C19H31FN4O. The van der Waals surface area contributed by atoms with Gasteiger partial charge >= 0.3 is 0 Å². The smallest absolute Gasteiger partial charge is 0.191 e. The van der Waals surface area contributed by atoms with Gasteiger partial charge in [0.25, 0.3) is 0 Å². The van der Waals surface area contributed by atoms with Gasteiger partial charge in [0, 0.05) is 39.3 Å². The second kappa shape index (κ2) is 10.4. The molecular weight excluding hydrogens is 319 g/mol. The molecule has 5 nitrogen and oxygen atoms in total. The maximum Gasteiger partial charge on any atom is 0.191 e. The van der Waals surface area contributed by atoms with Gasteiger partial charge in [-0.1, -0.05) is 26.0 Å². The Morgan fingerprint density at radius 1 is 1.20 bits per heavy atom. The van der Waals surface area contributed by atoms with E-state index in [1.807, 2.05) is 0 Å². The average Bonchev–Trinajstić information content (AvgIpc) is 2.62. The van der Waals surface area contributed by atoms with Crippen LogP contribution in [-0.4, -0.2) is 56.8 Å². The van der Waals surface area contributed by atoms with E-state index in [9.17, 15) is 4.39 Å². The zero-order chi connectivity index (χ0) is 18.1. The van der Waals surface area contributed by atoms with Gasteiger partial charge in [0.1, 0.15) is 5.82 Å². The molecule has 0 saturated carbocycles. The highest BCUT2D eigenvalue weighted by molar-refractivity contribution is 5.79. The summed E-state index contributed by atoms with van der Waals surface area (Å²) in [6.45, 7) is 9.58. The lowest BCUT2D eigenvalue weighted by Gasteiger charge is -2.35. The van der Waals surface area contributed by atoms with Crippen LogP contribution < -0.4 is 10.6 Å². The number of ether oxygens (including phenoxy) is 1. The molecule has 140 valence electrons. The van der Waals surface area contributed by atoms with E-state index in [0.717, 1.165) is 50.8 Å². The van der Waals surface area contributed by atoms with E-state index in [0.29, 0.717) is 18.5 Å². The van der Waals surface area contributed by atoms with Gasteiger partial charge in [0.2, 0.25) is 0 Å². The molecule has 1 aromatic carbocycles. The van der Waals surface area contributed by atoms with Crippen molar-refractivity contribution in [2.45, 2.75) is 32.9 Å². The van der Waals surface area contributed by atoms with Gasteiger partial charge in [0.05, 0.1) is 13.2 Å². The second-order valence-corrected chi connectivity index (χ2v) is 6.86. The summed E-state index contributed by atoms with van der Waals surface area (Å²) in [6, 6.07) is 6.98. The normalized spacial score (nSPS) is 17.6. The first-order valence-electron chi connectivity index (χ1n) is 9.09. The zero-order valence-electron chi connectivity index (χ0n) is 15.6. The molecule has 1 atom stereocenters. The van der Waals surface area contributed by atoms with Crippen molar-refractivity contribution in [3.05, 3.63) is 35.6 Å². The van der Waals surface area contributed by atoms with Crippen molar-refractivity contribution in [3.63, 3.8) is 0 Å².